The SMILES string of the molecule is Fc1ccc2cc(-c3nnc(CCNC4CC4)s3)sc2c1. The predicted molar refractivity (Wildman–Crippen MR) is 85.4 cm³/mol. The molecule has 0 atom stereocenters. The summed E-state index contributed by atoms with van der Waals surface area (Å²) in [5.41, 5.74) is 0. The van der Waals surface area contributed by atoms with Gasteiger partial charge in [0.2, 0.25) is 0 Å². The molecule has 3 nitrogen and oxygen atoms in total. The fraction of sp³-hybridized carbons (Fsp3) is 0.333. The Morgan fingerprint density at radius 3 is 2.95 bits per heavy atom. The Balaban J connectivity index is 1.52. The molecular formula is C15H14FN3S2. The molecule has 3 aromatic rings. The summed E-state index contributed by atoms with van der Waals surface area (Å²) < 4.78 is 14.2. The van der Waals surface area contributed by atoms with Crippen molar-refractivity contribution < 1.29 is 4.39 Å². The summed E-state index contributed by atoms with van der Waals surface area (Å²) in [7, 11) is 0. The van der Waals surface area contributed by atoms with E-state index < -0.39 is 0 Å². The summed E-state index contributed by atoms with van der Waals surface area (Å²) in [5.74, 6) is -0.194. The minimum atomic E-state index is -0.194. The van der Waals surface area contributed by atoms with Crippen LogP contribution in [0.25, 0.3) is 20.0 Å². The van der Waals surface area contributed by atoms with Gasteiger partial charge in [-0.15, -0.1) is 21.5 Å². The summed E-state index contributed by atoms with van der Waals surface area (Å²) in [6, 6.07) is 7.67. The third-order valence-corrected chi connectivity index (χ3v) is 5.76. The fourth-order valence-electron chi connectivity index (χ4n) is 2.24. The zero-order chi connectivity index (χ0) is 14.2. The number of aromatic nitrogens is 2. The van der Waals surface area contributed by atoms with Gasteiger partial charge in [-0.3, -0.25) is 0 Å². The number of fused-ring (bicyclic) bond motifs is 1. The van der Waals surface area contributed by atoms with Crippen molar-refractivity contribution in [3.05, 3.63) is 35.1 Å². The molecule has 2 aromatic heterocycles. The number of benzene rings is 1. The lowest BCUT2D eigenvalue weighted by molar-refractivity contribution is 0.630. The van der Waals surface area contributed by atoms with E-state index in [2.05, 4.69) is 21.6 Å². The smallest absolute Gasteiger partial charge is 0.157 e. The van der Waals surface area contributed by atoms with Crippen LogP contribution in [0.15, 0.2) is 24.3 Å². The van der Waals surface area contributed by atoms with Gasteiger partial charge >= 0.3 is 0 Å². The number of halogens is 1. The van der Waals surface area contributed by atoms with E-state index in [9.17, 15) is 4.39 Å². The third kappa shape index (κ3) is 2.97. The molecule has 108 valence electrons. The van der Waals surface area contributed by atoms with Gasteiger partial charge in [-0.2, -0.15) is 0 Å². The van der Waals surface area contributed by atoms with Crippen LogP contribution in [0.3, 0.4) is 0 Å². The maximum Gasteiger partial charge on any atom is 0.157 e. The van der Waals surface area contributed by atoms with Crippen LogP contribution in [0.5, 0.6) is 0 Å². The van der Waals surface area contributed by atoms with Crippen LogP contribution in [0.1, 0.15) is 17.8 Å². The van der Waals surface area contributed by atoms with Crippen molar-refractivity contribution in [2.75, 3.05) is 6.54 Å². The van der Waals surface area contributed by atoms with Crippen molar-refractivity contribution in [1.29, 1.82) is 0 Å². The first-order valence-electron chi connectivity index (χ1n) is 7.03. The Kier molecular flexibility index (Phi) is 3.45. The van der Waals surface area contributed by atoms with E-state index in [1.54, 1.807) is 28.7 Å². The van der Waals surface area contributed by atoms with Gasteiger partial charge in [0.25, 0.3) is 0 Å². The van der Waals surface area contributed by atoms with Gasteiger partial charge in [0, 0.05) is 23.7 Å². The van der Waals surface area contributed by atoms with Crippen molar-refractivity contribution in [2.24, 2.45) is 0 Å². The number of hydrogen-bond donors (Lipinski definition) is 1. The van der Waals surface area contributed by atoms with Crippen molar-refractivity contribution >= 4 is 32.8 Å². The molecule has 0 aliphatic heterocycles. The summed E-state index contributed by atoms with van der Waals surface area (Å²) in [6.45, 7) is 0.969. The molecule has 4 rings (SSSR count). The second kappa shape index (κ2) is 5.44. The molecular weight excluding hydrogens is 305 g/mol. The molecule has 0 radical (unpaired) electrons. The summed E-state index contributed by atoms with van der Waals surface area (Å²) in [5, 5.41) is 15.1. The average Bonchev–Trinajstić information content (AvgIpc) is 3.00. The van der Waals surface area contributed by atoms with Gasteiger partial charge in [0.1, 0.15) is 10.8 Å². The average molecular weight is 319 g/mol. The Hall–Kier alpha value is -1.37. The number of nitrogens with one attached hydrogen (secondary N) is 1. The largest absolute Gasteiger partial charge is 0.314 e. The van der Waals surface area contributed by atoms with Gasteiger partial charge in [-0.1, -0.05) is 17.4 Å². The lowest BCUT2D eigenvalue weighted by Gasteiger charge is -1.97. The maximum absolute atomic E-state index is 13.2. The van der Waals surface area contributed by atoms with Crippen LogP contribution in [-0.4, -0.2) is 22.8 Å². The second-order valence-corrected chi connectivity index (χ2v) is 7.42. The van der Waals surface area contributed by atoms with E-state index in [4.69, 9.17) is 0 Å². The van der Waals surface area contributed by atoms with Crippen LogP contribution in [0.2, 0.25) is 0 Å². The number of nitrogens with zero attached hydrogens (tertiary/aromatic N) is 2. The zero-order valence-electron chi connectivity index (χ0n) is 11.3. The Bertz CT molecular complexity index is 776. The Labute approximate surface area is 129 Å². The number of rotatable bonds is 5. The highest BCUT2D eigenvalue weighted by molar-refractivity contribution is 7.25. The minimum Gasteiger partial charge on any atom is -0.314 e. The van der Waals surface area contributed by atoms with Gasteiger partial charge < -0.3 is 5.32 Å². The first-order valence-corrected chi connectivity index (χ1v) is 8.66. The van der Waals surface area contributed by atoms with Crippen LogP contribution < -0.4 is 5.32 Å². The number of hydrogen-bond acceptors (Lipinski definition) is 5. The topological polar surface area (TPSA) is 37.8 Å². The zero-order valence-corrected chi connectivity index (χ0v) is 12.9. The van der Waals surface area contributed by atoms with Gasteiger partial charge in [0.15, 0.2) is 5.01 Å². The van der Waals surface area contributed by atoms with E-state index >= 15 is 0 Å². The van der Waals surface area contributed by atoms with Crippen molar-refractivity contribution in [2.45, 2.75) is 25.3 Å². The summed E-state index contributed by atoms with van der Waals surface area (Å²) in [6.07, 6.45) is 3.53. The maximum atomic E-state index is 13.2. The van der Waals surface area contributed by atoms with Crippen LogP contribution in [0, 0.1) is 5.82 Å². The van der Waals surface area contributed by atoms with Crippen molar-refractivity contribution in [1.82, 2.24) is 15.5 Å². The normalized spacial score (nSPS) is 14.9. The van der Waals surface area contributed by atoms with Gasteiger partial charge in [-0.25, -0.2) is 4.39 Å². The molecule has 2 heterocycles. The Morgan fingerprint density at radius 2 is 2.10 bits per heavy atom. The third-order valence-electron chi connectivity index (χ3n) is 3.51. The molecule has 1 N–H and O–H groups in total. The predicted octanol–water partition coefficient (Wildman–Crippen LogP) is 3.85. The quantitative estimate of drug-likeness (QED) is 0.776. The molecule has 0 spiro atoms. The van der Waals surface area contributed by atoms with E-state index in [1.165, 1.54) is 18.9 Å². The minimum absolute atomic E-state index is 0.194. The molecule has 0 amide bonds. The van der Waals surface area contributed by atoms with Gasteiger partial charge in [0.05, 0.1) is 4.88 Å². The molecule has 1 saturated carbocycles. The summed E-state index contributed by atoms with van der Waals surface area (Å²) in [4.78, 5) is 1.06. The fourth-order valence-corrected chi connectivity index (χ4v) is 4.20. The van der Waals surface area contributed by atoms with Crippen LogP contribution >= 0.6 is 22.7 Å². The van der Waals surface area contributed by atoms with Crippen LogP contribution in [0.4, 0.5) is 4.39 Å². The molecule has 1 fully saturated rings. The monoisotopic (exact) mass is 319 g/mol. The molecule has 1 aromatic carbocycles. The van der Waals surface area contributed by atoms with E-state index in [-0.39, 0.29) is 5.82 Å². The van der Waals surface area contributed by atoms with Crippen molar-refractivity contribution in [3.8, 4) is 9.88 Å². The molecule has 0 bridgehead atoms. The molecule has 0 saturated heterocycles. The highest BCUT2D eigenvalue weighted by atomic mass is 32.1. The van der Waals surface area contributed by atoms with Gasteiger partial charge in [-0.05, 0) is 36.4 Å². The molecule has 0 unspecified atom stereocenters. The highest BCUT2D eigenvalue weighted by Gasteiger charge is 2.20. The molecule has 6 heteroatoms. The second-order valence-electron chi connectivity index (χ2n) is 5.27. The van der Waals surface area contributed by atoms with E-state index in [1.807, 2.05) is 6.07 Å². The molecule has 21 heavy (non-hydrogen) atoms. The Morgan fingerprint density at radius 1 is 1.19 bits per heavy atom. The lowest BCUT2D eigenvalue weighted by atomic mass is 10.2. The van der Waals surface area contributed by atoms with E-state index in [0.717, 1.165) is 44.0 Å². The summed E-state index contributed by atoms with van der Waals surface area (Å²) >= 11 is 3.20. The lowest BCUT2D eigenvalue weighted by Crippen LogP contribution is -2.19. The van der Waals surface area contributed by atoms with Crippen LogP contribution in [-0.2, 0) is 6.42 Å². The first kappa shape index (κ1) is 13.3. The molecule has 1 aliphatic rings. The molecule has 1 aliphatic carbocycles. The number of thiophene rings is 1. The standard InChI is InChI=1S/C15H14FN3S2/c16-10-2-1-9-7-13(20-12(9)8-10)15-19-18-14(21-15)5-6-17-11-3-4-11/h1-2,7-8,11,17H,3-6H2. The van der Waals surface area contributed by atoms with Crippen molar-refractivity contribution in [3.63, 3.8) is 0 Å². The first-order chi connectivity index (χ1) is 10.3. The van der Waals surface area contributed by atoms with E-state index in [0.29, 0.717) is 0 Å². The highest BCUT2D eigenvalue weighted by Crippen LogP contribution is 2.35.